The van der Waals surface area contributed by atoms with E-state index in [9.17, 15) is 4.79 Å². The Morgan fingerprint density at radius 1 is 1.20 bits per heavy atom. The minimum atomic E-state index is 0.0248. The fourth-order valence-electron chi connectivity index (χ4n) is 2.60. The number of likely N-dealkylation sites (N-methyl/N-ethyl adjacent to an activating group) is 1. The zero-order valence-corrected chi connectivity index (χ0v) is 11.6. The number of nitrogens with zero attached hydrogens (tertiary/aromatic N) is 1. The Kier molecular flexibility index (Phi) is 3.42. The van der Waals surface area contributed by atoms with Gasteiger partial charge in [-0.15, -0.1) is 0 Å². The third-order valence-corrected chi connectivity index (χ3v) is 3.70. The number of benzene rings is 2. The number of fused-ring (bicyclic) bond motifs is 1. The topological polar surface area (TPSA) is 32.3 Å². The Morgan fingerprint density at radius 2 is 2.00 bits per heavy atom. The molecule has 2 aromatic rings. The van der Waals surface area contributed by atoms with Crippen molar-refractivity contribution in [2.45, 2.75) is 12.8 Å². The minimum Gasteiger partial charge on any atom is -0.374 e. The summed E-state index contributed by atoms with van der Waals surface area (Å²) in [5.41, 5.74) is 4.48. The van der Waals surface area contributed by atoms with Crippen molar-refractivity contribution < 1.29 is 4.79 Å². The molecular formula is C17H18N2O. The van der Waals surface area contributed by atoms with Crippen LogP contribution in [0.4, 0.5) is 11.4 Å². The third-order valence-electron chi connectivity index (χ3n) is 3.70. The highest BCUT2D eigenvalue weighted by atomic mass is 16.1. The molecule has 0 unspecified atom stereocenters. The highest BCUT2D eigenvalue weighted by molar-refractivity contribution is 5.93. The Hall–Kier alpha value is -2.29. The van der Waals surface area contributed by atoms with Gasteiger partial charge < -0.3 is 10.2 Å². The Bertz CT molecular complexity index is 622. The van der Waals surface area contributed by atoms with Crippen LogP contribution < -0.4 is 10.2 Å². The lowest BCUT2D eigenvalue weighted by molar-refractivity contribution is -0.115. The standard InChI is InChI=1S/C17H18N2O/c1-19-10-9-14-7-8-15(12-16(14)19)18-17(20)11-13-5-3-2-4-6-13/h2-8,12H,9-11H2,1H3,(H,18,20). The van der Waals surface area contributed by atoms with Gasteiger partial charge in [0.2, 0.25) is 5.91 Å². The normalized spacial score (nSPS) is 13.2. The Labute approximate surface area is 119 Å². The summed E-state index contributed by atoms with van der Waals surface area (Å²) in [5.74, 6) is 0.0248. The summed E-state index contributed by atoms with van der Waals surface area (Å²) in [6.07, 6.45) is 1.50. The van der Waals surface area contributed by atoms with Crippen molar-refractivity contribution >= 4 is 17.3 Å². The molecule has 3 nitrogen and oxygen atoms in total. The monoisotopic (exact) mass is 266 g/mol. The second kappa shape index (κ2) is 5.37. The van der Waals surface area contributed by atoms with Gasteiger partial charge in [0.25, 0.3) is 0 Å². The molecule has 3 heteroatoms. The number of amides is 1. The van der Waals surface area contributed by atoms with Gasteiger partial charge in [0.05, 0.1) is 6.42 Å². The van der Waals surface area contributed by atoms with Gasteiger partial charge in [0.15, 0.2) is 0 Å². The molecule has 2 aromatic carbocycles. The smallest absolute Gasteiger partial charge is 0.228 e. The number of nitrogens with one attached hydrogen (secondary N) is 1. The summed E-state index contributed by atoms with van der Waals surface area (Å²) >= 11 is 0. The molecule has 1 amide bonds. The number of rotatable bonds is 3. The molecule has 1 heterocycles. The third kappa shape index (κ3) is 2.67. The Balaban J connectivity index is 1.69. The molecule has 0 saturated carbocycles. The summed E-state index contributed by atoms with van der Waals surface area (Å²) < 4.78 is 0. The van der Waals surface area contributed by atoms with Gasteiger partial charge in [-0.3, -0.25) is 4.79 Å². The zero-order chi connectivity index (χ0) is 13.9. The van der Waals surface area contributed by atoms with E-state index in [2.05, 4.69) is 29.4 Å². The predicted molar refractivity (Wildman–Crippen MR) is 82.2 cm³/mol. The largest absolute Gasteiger partial charge is 0.374 e. The quantitative estimate of drug-likeness (QED) is 0.926. The van der Waals surface area contributed by atoms with Gasteiger partial charge in [-0.05, 0) is 29.7 Å². The molecule has 1 aliphatic rings. The zero-order valence-electron chi connectivity index (χ0n) is 11.6. The summed E-state index contributed by atoms with van der Waals surface area (Å²) in [7, 11) is 2.08. The molecule has 102 valence electrons. The van der Waals surface area contributed by atoms with Crippen LogP contribution in [0.25, 0.3) is 0 Å². The summed E-state index contributed by atoms with van der Waals surface area (Å²) in [5, 5.41) is 2.98. The fraction of sp³-hybridized carbons (Fsp3) is 0.235. The van der Waals surface area contributed by atoms with E-state index in [4.69, 9.17) is 0 Å². The molecule has 0 aliphatic carbocycles. The second-order valence-electron chi connectivity index (χ2n) is 5.23. The van der Waals surface area contributed by atoms with Crippen LogP contribution in [0.15, 0.2) is 48.5 Å². The van der Waals surface area contributed by atoms with Crippen LogP contribution in [0.5, 0.6) is 0 Å². The van der Waals surface area contributed by atoms with Gasteiger partial charge >= 0.3 is 0 Å². The second-order valence-corrected chi connectivity index (χ2v) is 5.23. The fourth-order valence-corrected chi connectivity index (χ4v) is 2.60. The molecule has 3 rings (SSSR count). The van der Waals surface area contributed by atoms with Gasteiger partial charge in [-0.2, -0.15) is 0 Å². The molecule has 0 aromatic heterocycles. The van der Waals surface area contributed by atoms with Gasteiger partial charge in [0.1, 0.15) is 0 Å². The van der Waals surface area contributed by atoms with Gasteiger partial charge in [-0.25, -0.2) is 0 Å². The van der Waals surface area contributed by atoms with Crippen LogP contribution in [0, 0.1) is 0 Å². The molecule has 0 radical (unpaired) electrons. The van der Waals surface area contributed by atoms with E-state index >= 15 is 0 Å². The number of carbonyl (C=O) groups is 1. The average molecular weight is 266 g/mol. The highest BCUT2D eigenvalue weighted by Crippen LogP contribution is 2.29. The van der Waals surface area contributed by atoms with E-state index in [0.717, 1.165) is 24.2 Å². The lowest BCUT2D eigenvalue weighted by Crippen LogP contribution is -2.15. The first-order valence-corrected chi connectivity index (χ1v) is 6.90. The molecule has 0 bridgehead atoms. The Morgan fingerprint density at radius 3 is 2.80 bits per heavy atom. The minimum absolute atomic E-state index is 0.0248. The molecule has 1 N–H and O–H groups in total. The van der Waals surface area contributed by atoms with Crippen molar-refractivity contribution in [1.82, 2.24) is 0 Å². The van der Waals surface area contributed by atoms with Crippen molar-refractivity contribution in [1.29, 1.82) is 0 Å². The number of carbonyl (C=O) groups excluding carboxylic acids is 1. The van der Waals surface area contributed by atoms with Crippen LogP contribution >= 0.6 is 0 Å². The van der Waals surface area contributed by atoms with Crippen LogP contribution in [-0.4, -0.2) is 19.5 Å². The van der Waals surface area contributed by atoms with Gasteiger partial charge in [0, 0.05) is 25.0 Å². The highest BCUT2D eigenvalue weighted by Gasteiger charge is 2.16. The number of hydrogen-bond donors (Lipinski definition) is 1. The number of anilines is 2. The van der Waals surface area contributed by atoms with Crippen molar-refractivity contribution in [3.8, 4) is 0 Å². The molecule has 20 heavy (non-hydrogen) atoms. The van der Waals surface area contributed by atoms with E-state index in [1.807, 2.05) is 36.4 Å². The first-order chi connectivity index (χ1) is 9.72. The van der Waals surface area contributed by atoms with E-state index in [-0.39, 0.29) is 5.91 Å². The van der Waals surface area contributed by atoms with E-state index in [1.165, 1.54) is 11.3 Å². The SMILES string of the molecule is CN1CCc2ccc(NC(=O)Cc3ccccc3)cc21. The summed E-state index contributed by atoms with van der Waals surface area (Å²) in [6.45, 7) is 1.05. The van der Waals surface area contributed by atoms with Crippen LogP contribution in [0.3, 0.4) is 0 Å². The van der Waals surface area contributed by atoms with Crippen molar-refractivity contribution in [2.24, 2.45) is 0 Å². The lowest BCUT2D eigenvalue weighted by Gasteiger charge is -2.13. The van der Waals surface area contributed by atoms with Crippen molar-refractivity contribution in [3.63, 3.8) is 0 Å². The van der Waals surface area contributed by atoms with E-state index < -0.39 is 0 Å². The molecule has 0 fully saturated rings. The van der Waals surface area contributed by atoms with Gasteiger partial charge in [-0.1, -0.05) is 36.4 Å². The molecule has 0 atom stereocenters. The maximum absolute atomic E-state index is 12.0. The van der Waals surface area contributed by atoms with E-state index in [0.29, 0.717) is 6.42 Å². The molecule has 1 aliphatic heterocycles. The first kappa shape index (κ1) is 12.7. The van der Waals surface area contributed by atoms with E-state index in [1.54, 1.807) is 0 Å². The molecule has 0 saturated heterocycles. The maximum atomic E-state index is 12.0. The van der Waals surface area contributed by atoms with Crippen LogP contribution in [0.2, 0.25) is 0 Å². The molecular weight excluding hydrogens is 248 g/mol. The average Bonchev–Trinajstić information content (AvgIpc) is 2.81. The lowest BCUT2D eigenvalue weighted by atomic mass is 10.1. The number of hydrogen-bond acceptors (Lipinski definition) is 2. The predicted octanol–water partition coefficient (Wildman–Crippen LogP) is 2.86. The van der Waals surface area contributed by atoms with Crippen LogP contribution in [-0.2, 0) is 17.6 Å². The van der Waals surface area contributed by atoms with Crippen molar-refractivity contribution in [3.05, 3.63) is 59.7 Å². The molecule has 0 spiro atoms. The summed E-state index contributed by atoms with van der Waals surface area (Å²) in [6, 6.07) is 16.0. The first-order valence-electron chi connectivity index (χ1n) is 6.90. The maximum Gasteiger partial charge on any atom is 0.228 e. The van der Waals surface area contributed by atoms with Crippen molar-refractivity contribution in [2.75, 3.05) is 23.8 Å². The van der Waals surface area contributed by atoms with Crippen LogP contribution in [0.1, 0.15) is 11.1 Å². The summed E-state index contributed by atoms with van der Waals surface area (Å²) in [4.78, 5) is 14.3.